The van der Waals surface area contributed by atoms with Crippen molar-refractivity contribution in [2.75, 3.05) is 4.90 Å². The number of fused-ring (bicyclic) bond motifs is 1. The van der Waals surface area contributed by atoms with Gasteiger partial charge in [-0.25, -0.2) is 4.68 Å². The Hall–Kier alpha value is -3.68. The summed E-state index contributed by atoms with van der Waals surface area (Å²) in [5, 5.41) is 6.94. The average molecular weight is 406 g/mol. The predicted octanol–water partition coefficient (Wildman–Crippen LogP) is 2.13. The molecule has 0 unspecified atom stereocenters. The van der Waals surface area contributed by atoms with Gasteiger partial charge in [-0.15, -0.1) is 0 Å². The van der Waals surface area contributed by atoms with Crippen molar-refractivity contribution < 1.29 is 14.0 Å². The van der Waals surface area contributed by atoms with E-state index in [1.54, 1.807) is 17.0 Å². The lowest BCUT2D eigenvalue weighted by Gasteiger charge is -2.22. The first-order valence-corrected chi connectivity index (χ1v) is 9.81. The normalized spacial score (nSPS) is 15.1. The van der Waals surface area contributed by atoms with Crippen molar-refractivity contribution in [1.29, 1.82) is 0 Å². The van der Waals surface area contributed by atoms with Crippen LogP contribution in [0, 0.1) is 0 Å². The SMILES string of the molecule is C[C@@H]1Cc2ccccc2N1C(=O)c1ccc(=O)n(CCC(=O)NCc2ccco2)n1. The van der Waals surface area contributed by atoms with Gasteiger partial charge in [0.1, 0.15) is 11.5 Å². The molecule has 3 aromatic rings. The molecule has 0 saturated heterocycles. The maximum Gasteiger partial charge on any atom is 0.278 e. The Labute approximate surface area is 173 Å². The van der Waals surface area contributed by atoms with Crippen LogP contribution in [-0.4, -0.2) is 27.6 Å². The lowest BCUT2D eigenvalue weighted by molar-refractivity contribution is -0.121. The fourth-order valence-corrected chi connectivity index (χ4v) is 3.62. The monoisotopic (exact) mass is 406 g/mol. The summed E-state index contributed by atoms with van der Waals surface area (Å²) in [6, 6.07) is 14.0. The van der Waals surface area contributed by atoms with Crippen LogP contribution in [-0.2, 0) is 24.3 Å². The number of benzene rings is 1. The van der Waals surface area contributed by atoms with Crippen molar-refractivity contribution in [3.63, 3.8) is 0 Å². The molecule has 0 radical (unpaired) electrons. The second kappa shape index (κ2) is 8.36. The first-order valence-electron chi connectivity index (χ1n) is 9.81. The zero-order chi connectivity index (χ0) is 21.1. The molecule has 4 rings (SSSR count). The summed E-state index contributed by atoms with van der Waals surface area (Å²) in [6.07, 6.45) is 2.37. The van der Waals surface area contributed by atoms with Gasteiger partial charge in [-0.05, 0) is 43.2 Å². The number of hydrogen-bond donors (Lipinski definition) is 1. The minimum atomic E-state index is -0.361. The first-order chi connectivity index (χ1) is 14.5. The number of hydrogen-bond acceptors (Lipinski definition) is 5. The number of nitrogens with zero attached hydrogens (tertiary/aromatic N) is 3. The average Bonchev–Trinajstić information content (AvgIpc) is 3.38. The van der Waals surface area contributed by atoms with Crippen LogP contribution >= 0.6 is 0 Å². The highest BCUT2D eigenvalue weighted by atomic mass is 16.3. The second-order valence-electron chi connectivity index (χ2n) is 7.24. The van der Waals surface area contributed by atoms with Gasteiger partial charge in [0.15, 0.2) is 0 Å². The van der Waals surface area contributed by atoms with E-state index in [1.165, 1.54) is 18.4 Å². The number of para-hydroxylation sites is 1. The van der Waals surface area contributed by atoms with E-state index in [1.807, 2.05) is 31.2 Å². The molecule has 3 heterocycles. The Kier molecular flexibility index (Phi) is 5.47. The van der Waals surface area contributed by atoms with Crippen LogP contribution in [0.25, 0.3) is 0 Å². The quantitative estimate of drug-likeness (QED) is 0.676. The smallest absolute Gasteiger partial charge is 0.278 e. The number of carbonyl (C=O) groups is 2. The Morgan fingerprint density at radius 1 is 1.17 bits per heavy atom. The molecule has 2 amide bonds. The minimum Gasteiger partial charge on any atom is -0.467 e. The highest BCUT2D eigenvalue weighted by Gasteiger charge is 2.32. The molecule has 0 spiro atoms. The van der Waals surface area contributed by atoms with E-state index in [0.717, 1.165) is 22.4 Å². The third-order valence-corrected chi connectivity index (χ3v) is 5.10. The summed E-state index contributed by atoms with van der Waals surface area (Å²) in [4.78, 5) is 39.0. The molecular weight excluding hydrogens is 384 g/mol. The molecule has 154 valence electrons. The van der Waals surface area contributed by atoms with Gasteiger partial charge in [-0.1, -0.05) is 18.2 Å². The largest absolute Gasteiger partial charge is 0.467 e. The van der Waals surface area contributed by atoms with E-state index in [2.05, 4.69) is 10.4 Å². The third-order valence-electron chi connectivity index (χ3n) is 5.10. The van der Waals surface area contributed by atoms with Crippen molar-refractivity contribution in [1.82, 2.24) is 15.1 Å². The summed E-state index contributed by atoms with van der Waals surface area (Å²) in [6.45, 7) is 2.34. The van der Waals surface area contributed by atoms with E-state index >= 15 is 0 Å². The lowest BCUT2D eigenvalue weighted by Crippen LogP contribution is -2.38. The van der Waals surface area contributed by atoms with Crippen molar-refractivity contribution in [3.8, 4) is 0 Å². The Balaban J connectivity index is 1.45. The van der Waals surface area contributed by atoms with E-state index < -0.39 is 0 Å². The number of nitrogens with one attached hydrogen (secondary N) is 1. The van der Waals surface area contributed by atoms with Crippen LogP contribution in [0.3, 0.4) is 0 Å². The molecule has 8 nitrogen and oxygen atoms in total. The summed E-state index contributed by atoms with van der Waals surface area (Å²) < 4.78 is 6.32. The van der Waals surface area contributed by atoms with Gasteiger partial charge in [0.2, 0.25) is 5.91 Å². The number of rotatable bonds is 6. The molecule has 1 atom stereocenters. The molecular formula is C22H22N4O4. The molecule has 1 aliphatic rings. The molecule has 0 bridgehead atoms. The van der Waals surface area contributed by atoms with E-state index in [4.69, 9.17) is 4.42 Å². The highest BCUT2D eigenvalue weighted by Crippen LogP contribution is 2.32. The molecule has 1 aliphatic heterocycles. The summed E-state index contributed by atoms with van der Waals surface area (Å²) >= 11 is 0. The van der Waals surface area contributed by atoms with Crippen molar-refractivity contribution >= 4 is 17.5 Å². The molecule has 0 fully saturated rings. The van der Waals surface area contributed by atoms with Crippen molar-refractivity contribution in [2.45, 2.75) is 38.9 Å². The fraction of sp³-hybridized carbons (Fsp3) is 0.273. The predicted molar refractivity (Wildman–Crippen MR) is 110 cm³/mol. The molecule has 8 heteroatoms. The van der Waals surface area contributed by atoms with Crippen molar-refractivity contribution in [3.05, 3.63) is 82.2 Å². The fourth-order valence-electron chi connectivity index (χ4n) is 3.62. The van der Waals surface area contributed by atoms with Gasteiger partial charge >= 0.3 is 0 Å². The molecule has 1 N–H and O–H groups in total. The van der Waals surface area contributed by atoms with Gasteiger partial charge < -0.3 is 14.6 Å². The topological polar surface area (TPSA) is 97.4 Å². The first kappa shape index (κ1) is 19.6. The standard InChI is InChI=1S/C22H22N4O4/c1-15-13-16-5-2-3-7-19(16)26(15)22(29)18-8-9-21(28)25(24-18)11-10-20(27)23-14-17-6-4-12-30-17/h2-9,12,15H,10-11,13-14H2,1H3,(H,23,27)/t15-/m1/s1. The van der Waals surface area contributed by atoms with E-state index in [0.29, 0.717) is 5.76 Å². The highest BCUT2D eigenvalue weighted by molar-refractivity contribution is 6.06. The van der Waals surface area contributed by atoms with Gasteiger partial charge in [-0.2, -0.15) is 5.10 Å². The number of furan rings is 1. The maximum atomic E-state index is 13.1. The second-order valence-corrected chi connectivity index (χ2v) is 7.24. The minimum absolute atomic E-state index is 0.00413. The van der Waals surface area contributed by atoms with Crippen LogP contribution in [0.2, 0.25) is 0 Å². The third kappa shape index (κ3) is 4.03. The van der Waals surface area contributed by atoms with Crippen molar-refractivity contribution in [2.24, 2.45) is 0 Å². The summed E-state index contributed by atoms with van der Waals surface area (Å²) in [7, 11) is 0. The lowest BCUT2D eigenvalue weighted by atomic mass is 10.1. The maximum absolute atomic E-state index is 13.1. The molecule has 1 aromatic carbocycles. The molecule has 0 aliphatic carbocycles. The van der Waals surface area contributed by atoms with Crippen LogP contribution in [0.5, 0.6) is 0 Å². The molecule has 30 heavy (non-hydrogen) atoms. The Bertz CT molecular complexity index is 1120. The van der Waals surface area contributed by atoms with E-state index in [-0.39, 0.29) is 48.6 Å². The molecule has 2 aromatic heterocycles. The summed E-state index contributed by atoms with van der Waals surface area (Å²) in [5.74, 6) is 0.147. The number of amides is 2. The Morgan fingerprint density at radius 3 is 2.80 bits per heavy atom. The van der Waals surface area contributed by atoms with Crippen LogP contribution in [0.1, 0.15) is 35.2 Å². The van der Waals surface area contributed by atoms with Gasteiger partial charge in [-0.3, -0.25) is 14.4 Å². The summed E-state index contributed by atoms with van der Waals surface area (Å²) in [5.41, 5.74) is 1.79. The van der Waals surface area contributed by atoms with Crippen LogP contribution in [0.4, 0.5) is 5.69 Å². The number of anilines is 1. The van der Waals surface area contributed by atoms with Gasteiger partial charge in [0.05, 0.1) is 19.4 Å². The van der Waals surface area contributed by atoms with Gasteiger partial charge in [0.25, 0.3) is 11.5 Å². The van der Waals surface area contributed by atoms with Gasteiger partial charge in [0, 0.05) is 24.2 Å². The zero-order valence-electron chi connectivity index (χ0n) is 16.6. The zero-order valence-corrected chi connectivity index (χ0v) is 16.6. The number of aromatic nitrogens is 2. The number of aryl methyl sites for hydroxylation is 1. The van der Waals surface area contributed by atoms with Crippen LogP contribution < -0.4 is 15.8 Å². The Morgan fingerprint density at radius 2 is 2.00 bits per heavy atom. The van der Waals surface area contributed by atoms with E-state index in [9.17, 15) is 14.4 Å². The molecule has 0 saturated carbocycles. The van der Waals surface area contributed by atoms with Crippen LogP contribution in [0.15, 0.2) is 64.0 Å². The number of carbonyl (C=O) groups excluding carboxylic acids is 2.